The van der Waals surface area contributed by atoms with Gasteiger partial charge in [-0.2, -0.15) is 11.3 Å². The summed E-state index contributed by atoms with van der Waals surface area (Å²) in [5.74, 6) is 0. The molecule has 2 nitrogen and oxygen atoms in total. The Hall–Kier alpha value is -0.420. The molecule has 0 bridgehead atoms. The molecule has 0 saturated heterocycles. The molecule has 0 fully saturated rings. The second kappa shape index (κ2) is 7.82. The van der Waals surface area contributed by atoms with E-state index in [-0.39, 0.29) is 12.4 Å². The van der Waals surface area contributed by atoms with Gasteiger partial charge in [0.15, 0.2) is 0 Å². The highest BCUT2D eigenvalue weighted by Crippen LogP contribution is 2.10. The molecule has 2 aromatic heterocycles. The molecule has 0 aliphatic heterocycles. The molecule has 0 aliphatic rings. The molecule has 94 valence electrons. The van der Waals surface area contributed by atoms with Gasteiger partial charge in [-0.3, -0.25) is 0 Å². The van der Waals surface area contributed by atoms with Gasteiger partial charge in [-0.1, -0.05) is 6.92 Å². The lowest BCUT2D eigenvalue weighted by molar-refractivity contribution is 0.682. The van der Waals surface area contributed by atoms with Gasteiger partial charge in [-0.05, 0) is 28.8 Å². The number of rotatable bonds is 6. The van der Waals surface area contributed by atoms with E-state index < -0.39 is 0 Å². The molecule has 0 aromatic carbocycles. The first-order valence-corrected chi connectivity index (χ1v) is 7.36. The van der Waals surface area contributed by atoms with E-state index in [0.29, 0.717) is 0 Å². The fraction of sp³-hybridized carbons (Fsp3) is 0.417. The van der Waals surface area contributed by atoms with Crippen LogP contribution in [-0.2, 0) is 19.4 Å². The summed E-state index contributed by atoms with van der Waals surface area (Å²) in [5, 5.41) is 11.2. The molecule has 5 heteroatoms. The van der Waals surface area contributed by atoms with Crippen molar-refractivity contribution in [3.8, 4) is 0 Å². The Kier molecular flexibility index (Phi) is 6.73. The number of thiophene rings is 1. The van der Waals surface area contributed by atoms with Crippen molar-refractivity contribution in [2.24, 2.45) is 0 Å². The number of thiazole rings is 1. The topological polar surface area (TPSA) is 24.9 Å². The van der Waals surface area contributed by atoms with Crippen LogP contribution in [0.5, 0.6) is 0 Å². The molecule has 0 spiro atoms. The van der Waals surface area contributed by atoms with E-state index in [4.69, 9.17) is 0 Å². The predicted molar refractivity (Wildman–Crippen MR) is 78.5 cm³/mol. The molecule has 0 saturated carbocycles. The summed E-state index contributed by atoms with van der Waals surface area (Å²) in [6, 6.07) is 2.16. The largest absolute Gasteiger partial charge is 0.312 e. The second-order valence-electron chi connectivity index (χ2n) is 3.64. The van der Waals surface area contributed by atoms with Crippen molar-refractivity contribution in [2.75, 3.05) is 6.54 Å². The molecule has 0 radical (unpaired) electrons. The van der Waals surface area contributed by atoms with Gasteiger partial charge >= 0.3 is 0 Å². The molecule has 0 amide bonds. The predicted octanol–water partition coefficient (Wildman–Crippen LogP) is 3.52. The zero-order chi connectivity index (χ0) is 11.2. The third-order valence-corrected chi connectivity index (χ3v) is 4.14. The Morgan fingerprint density at radius 3 is 2.88 bits per heavy atom. The van der Waals surface area contributed by atoms with E-state index in [1.165, 1.54) is 16.3 Å². The van der Waals surface area contributed by atoms with Crippen LogP contribution < -0.4 is 5.32 Å². The van der Waals surface area contributed by atoms with Crippen LogP contribution in [0.3, 0.4) is 0 Å². The highest BCUT2D eigenvalue weighted by molar-refractivity contribution is 7.09. The van der Waals surface area contributed by atoms with Gasteiger partial charge in [0.2, 0.25) is 0 Å². The van der Waals surface area contributed by atoms with E-state index in [1.54, 1.807) is 22.7 Å². The minimum absolute atomic E-state index is 0. The van der Waals surface area contributed by atoms with Crippen molar-refractivity contribution in [3.05, 3.63) is 38.5 Å². The number of aromatic nitrogens is 1. The molecule has 0 atom stereocenters. The minimum Gasteiger partial charge on any atom is -0.312 e. The van der Waals surface area contributed by atoms with E-state index in [0.717, 1.165) is 25.9 Å². The lowest BCUT2D eigenvalue weighted by Crippen LogP contribution is -2.16. The van der Waals surface area contributed by atoms with Crippen molar-refractivity contribution in [1.82, 2.24) is 10.3 Å². The van der Waals surface area contributed by atoms with Gasteiger partial charge in [0.25, 0.3) is 0 Å². The van der Waals surface area contributed by atoms with Gasteiger partial charge in [0.05, 0.1) is 10.7 Å². The van der Waals surface area contributed by atoms with Crippen molar-refractivity contribution in [2.45, 2.75) is 26.3 Å². The first-order chi connectivity index (χ1) is 7.88. The average Bonchev–Trinajstić information content (AvgIpc) is 2.95. The Balaban J connectivity index is 0.00000144. The normalized spacial score (nSPS) is 10.2. The lowest BCUT2D eigenvalue weighted by atomic mass is 10.3. The SMILES string of the molecule is CCc1nc(CCNCc2ccsc2)cs1.Cl. The summed E-state index contributed by atoms with van der Waals surface area (Å²) in [5.41, 5.74) is 2.59. The van der Waals surface area contributed by atoms with Crippen molar-refractivity contribution < 1.29 is 0 Å². The van der Waals surface area contributed by atoms with Crippen LogP contribution in [0.15, 0.2) is 22.2 Å². The first kappa shape index (κ1) is 14.6. The van der Waals surface area contributed by atoms with E-state index in [9.17, 15) is 0 Å². The molecule has 1 N–H and O–H groups in total. The molecule has 0 aliphatic carbocycles. The maximum atomic E-state index is 4.54. The van der Waals surface area contributed by atoms with Crippen molar-refractivity contribution in [1.29, 1.82) is 0 Å². The number of nitrogens with one attached hydrogen (secondary N) is 1. The fourth-order valence-electron chi connectivity index (χ4n) is 1.47. The smallest absolute Gasteiger partial charge is 0.0925 e. The molecule has 17 heavy (non-hydrogen) atoms. The number of hydrogen-bond donors (Lipinski definition) is 1. The minimum atomic E-state index is 0. The van der Waals surface area contributed by atoms with Crippen LogP contribution in [-0.4, -0.2) is 11.5 Å². The van der Waals surface area contributed by atoms with E-state index in [2.05, 4.69) is 39.4 Å². The number of halogens is 1. The van der Waals surface area contributed by atoms with Gasteiger partial charge in [-0.15, -0.1) is 23.7 Å². The zero-order valence-corrected chi connectivity index (χ0v) is 12.3. The number of hydrogen-bond acceptors (Lipinski definition) is 4. The van der Waals surface area contributed by atoms with Gasteiger partial charge in [-0.25, -0.2) is 4.98 Å². The third-order valence-electron chi connectivity index (χ3n) is 2.37. The summed E-state index contributed by atoms with van der Waals surface area (Å²) in [7, 11) is 0. The maximum absolute atomic E-state index is 4.54. The van der Waals surface area contributed by atoms with Crippen LogP contribution in [0.25, 0.3) is 0 Å². The molecular formula is C12H17ClN2S2. The van der Waals surface area contributed by atoms with E-state index >= 15 is 0 Å². The van der Waals surface area contributed by atoms with Crippen LogP contribution in [0.2, 0.25) is 0 Å². The van der Waals surface area contributed by atoms with Gasteiger partial charge < -0.3 is 5.32 Å². The third kappa shape index (κ3) is 4.76. The Morgan fingerprint density at radius 2 is 2.24 bits per heavy atom. The standard InChI is InChI=1S/C12H16N2S2.ClH/c1-2-12-14-11(9-16-12)3-5-13-7-10-4-6-15-8-10;/h4,6,8-9,13H,2-3,5,7H2,1H3;1H. The summed E-state index contributed by atoms with van der Waals surface area (Å²) in [6.45, 7) is 4.12. The lowest BCUT2D eigenvalue weighted by Gasteiger charge is -2.00. The zero-order valence-electron chi connectivity index (χ0n) is 9.81. The Morgan fingerprint density at radius 1 is 1.35 bits per heavy atom. The summed E-state index contributed by atoms with van der Waals surface area (Å²) < 4.78 is 0. The molecule has 2 rings (SSSR count). The maximum Gasteiger partial charge on any atom is 0.0925 e. The quantitative estimate of drug-likeness (QED) is 0.823. The second-order valence-corrected chi connectivity index (χ2v) is 5.37. The van der Waals surface area contributed by atoms with E-state index in [1.807, 2.05) is 0 Å². The molecule has 0 unspecified atom stereocenters. The van der Waals surface area contributed by atoms with Crippen LogP contribution in [0, 0.1) is 0 Å². The molecule has 2 aromatic rings. The Bertz CT molecular complexity index is 412. The summed E-state index contributed by atoms with van der Waals surface area (Å²) in [4.78, 5) is 4.54. The number of nitrogens with zero attached hydrogens (tertiary/aromatic N) is 1. The highest BCUT2D eigenvalue weighted by atomic mass is 35.5. The highest BCUT2D eigenvalue weighted by Gasteiger charge is 1.99. The van der Waals surface area contributed by atoms with Crippen LogP contribution in [0.1, 0.15) is 23.2 Å². The average molecular weight is 289 g/mol. The van der Waals surface area contributed by atoms with Gasteiger partial charge in [0.1, 0.15) is 0 Å². The summed E-state index contributed by atoms with van der Waals surface area (Å²) in [6.07, 6.45) is 2.08. The first-order valence-electron chi connectivity index (χ1n) is 5.53. The fourth-order valence-corrected chi connectivity index (χ4v) is 2.92. The van der Waals surface area contributed by atoms with Crippen molar-refractivity contribution >= 4 is 35.1 Å². The number of aryl methyl sites for hydroxylation is 1. The molecule has 2 heterocycles. The van der Waals surface area contributed by atoms with Crippen molar-refractivity contribution in [3.63, 3.8) is 0 Å². The summed E-state index contributed by atoms with van der Waals surface area (Å²) >= 11 is 3.52. The van der Waals surface area contributed by atoms with Gasteiger partial charge in [0, 0.05) is 24.9 Å². The molecular weight excluding hydrogens is 272 g/mol. The van der Waals surface area contributed by atoms with Crippen LogP contribution in [0.4, 0.5) is 0 Å². The van der Waals surface area contributed by atoms with Crippen LogP contribution >= 0.6 is 35.1 Å². The Labute approximate surface area is 117 Å². The monoisotopic (exact) mass is 288 g/mol.